The zero-order valence-corrected chi connectivity index (χ0v) is 13.5. The second-order valence-corrected chi connectivity index (χ2v) is 5.68. The van der Waals surface area contributed by atoms with Crippen molar-refractivity contribution < 1.29 is 14.6 Å². The van der Waals surface area contributed by atoms with Gasteiger partial charge in [0.1, 0.15) is 12.4 Å². The van der Waals surface area contributed by atoms with Gasteiger partial charge in [0.2, 0.25) is 0 Å². The van der Waals surface area contributed by atoms with E-state index in [0.717, 1.165) is 0 Å². The molecule has 2 aromatic rings. The van der Waals surface area contributed by atoms with Crippen LogP contribution in [0.25, 0.3) is 0 Å². The van der Waals surface area contributed by atoms with E-state index in [1.807, 2.05) is 0 Å². The van der Waals surface area contributed by atoms with Crippen LogP contribution in [-0.4, -0.2) is 24.2 Å². The largest absolute Gasteiger partial charge is 0.492 e. The van der Waals surface area contributed by atoms with Crippen molar-refractivity contribution in [2.45, 2.75) is 0 Å². The van der Waals surface area contributed by atoms with Crippen LogP contribution >= 0.6 is 34.8 Å². The third-order valence-electron chi connectivity index (χ3n) is 2.73. The molecule has 22 heavy (non-hydrogen) atoms. The summed E-state index contributed by atoms with van der Waals surface area (Å²) in [4.78, 5) is 11.1. The molecule has 0 heterocycles. The molecule has 0 fully saturated rings. The van der Waals surface area contributed by atoms with Crippen LogP contribution in [0.3, 0.4) is 0 Å². The fourth-order valence-electron chi connectivity index (χ4n) is 1.81. The zero-order valence-electron chi connectivity index (χ0n) is 11.3. The number of aromatic carboxylic acids is 1. The van der Waals surface area contributed by atoms with Gasteiger partial charge in [-0.1, -0.05) is 34.8 Å². The Hall–Kier alpha value is -1.62. The molecule has 4 nitrogen and oxygen atoms in total. The van der Waals surface area contributed by atoms with Crippen LogP contribution in [0, 0.1) is 0 Å². The Kier molecular flexibility index (Phi) is 5.77. The lowest BCUT2D eigenvalue weighted by Gasteiger charge is -2.11. The minimum absolute atomic E-state index is 0.110. The van der Waals surface area contributed by atoms with E-state index in [9.17, 15) is 4.79 Å². The number of benzene rings is 2. The predicted molar refractivity (Wildman–Crippen MR) is 88.9 cm³/mol. The molecule has 116 valence electrons. The number of carboxylic acid groups (broad SMARTS) is 1. The summed E-state index contributed by atoms with van der Waals surface area (Å²) in [7, 11) is 0. The molecule has 7 heteroatoms. The van der Waals surface area contributed by atoms with Crippen molar-refractivity contribution in [2.24, 2.45) is 0 Å². The Morgan fingerprint density at radius 2 is 1.73 bits per heavy atom. The van der Waals surface area contributed by atoms with Gasteiger partial charge >= 0.3 is 5.97 Å². The Morgan fingerprint density at radius 1 is 1.05 bits per heavy atom. The topological polar surface area (TPSA) is 58.6 Å². The summed E-state index contributed by atoms with van der Waals surface area (Å²) in [6.45, 7) is 0.727. The summed E-state index contributed by atoms with van der Waals surface area (Å²) in [5.74, 6) is -0.499. The van der Waals surface area contributed by atoms with Crippen molar-refractivity contribution in [1.82, 2.24) is 0 Å². The van der Waals surface area contributed by atoms with Crippen LogP contribution in [-0.2, 0) is 0 Å². The molecule has 0 spiro atoms. The van der Waals surface area contributed by atoms with Gasteiger partial charge in [-0.05, 0) is 36.4 Å². The molecule has 0 bridgehead atoms. The van der Waals surface area contributed by atoms with E-state index in [0.29, 0.717) is 39.7 Å². The van der Waals surface area contributed by atoms with Crippen LogP contribution < -0.4 is 10.1 Å². The Bertz CT molecular complexity index is 671. The maximum Gasteiger partial charge on any atom is 0.337 e. The first kappa shape index (κ1) is 16.7. The summed E-state index contributed by atoms with van der Waals surface area (Å²) in [6, 6.07) is 9.54. The smallest absolute Gasteiger partial charge is 0.337 e. The van der Waals surface area contributed by atoms with Gasteiger partial charge in [-0.2, -0.15) is 0 Å². The van der Waals surface area contributed by atoms with Crippen LogP contribution in [0.4, 0.5) is 5.69 Å². The van der Waals surface area contributed by atoms with Gasteiger partial charge in [0.15, 0.2) is 0 Å². The highest BCUT2D eigenvalue weighted by molar-refractivity contribution is 6.34. The number of rotatable bonds is 6. The summed E-state index contributed by atoms with van der Waals surface area (Å²) < 4.78 is 5.51. The molecule has 2 N–H and O–H groups in total. The predicted octanol–water partition coefficient (Wildman–Crippen LogP) is 4.84. The van der Waals surface area contributed by atoms with Crippen molar-refractivity contribution >= 4 is 46.5 Å². The normalized spacial score (nSPS) is 10.3. The van der Waals surface area contributed by atoms with Crippen molar-refractivity contribution in [3.8, 4) is 5.75 Å². The molecular formula is C15H12Cl3NO3. The number of carbonyl (C=O) groups is 1. The van der Waals surface area contributed by atoms with Gasteiger partial charge in [0, 0.05) is 27.3 Å². The second-order valence-electron chi connectivity index (χ2n) is 4.38. The summed E-state index contributed by atoms with van der Waals surface area (Å²) in [5, 5.41) is 13.5. The first-order valence-electron chi connectivity index (χ1n) is 6.31. The van der Waals surface area contributed by atoms with Gasteiger partial charge in [0.05, 0.1) is 5.56 Å². The number of nitrogens with one attached hydrogen (secondary N) is 1. The molecule has 2 rings (SSSR count). The van der Waals surface area contributed by atoms with Crippen molar-refractivity contribution in [1.29, 1.82) is 0 Å². The van der Waals surface area contributed by atoms with Crippen LogP contribution in [0.5, 0.6) is 5.75 Å². The number of hydrogen-bond donors (Lipinski definition) is 2. The van der Waals surface area contributed by atoms with E-state index < -0.39 is 5.97 Å². The third kappa shape index (κ3) is 4.70. The lowest BCUT2D eigenvalue weighted by atomic mass is 10.2. The third-order valence-corrected chi connectivity index (χ3v) is 3.41. The minimum Gasteiger partial charge on any atom is -0.492 e. The van der Waals surface area contributed by atoms with Crippen molar-refractivity contribution in [2.75, 3.05) is 18.5 Å². The summed E-state index contributed by atoms with van der Waals surface area (Å²) in [6.07, 6.45) is 0. The fourth-order valence-corrected chi connectivity index (χ4v) is 2.49. The molecule has 0 unspecified atom stereocenters. The molecule has 0 saturated heterocycles. The lowest BCUT2D eigenvalue weighted by molar-refractivity contribution is 0.0698. The summed E-state index contributed by atoms with van der Waals surface area (Å²) >= 11 is 17.5. The zero-order chi connectivity index (χ0) is 16.1. The van der Waals surface area contributed by atoms with E-state index in [2.05, 4.69) is 5.32 Å². The SMILES string of the molecule is O=C(O)c1cc(Cl)ccc1NCCOc1cc(Cl)cc(Cl)c1. The molecule has 0 saturated carbocycles. The second kappa shape index (κ2) is 7.58. The van der Waals surface area contributed by atoms with Gasteiger partial charge < -0.3 is 15.2 Å². The first-order chi connectivity index (χ1) is 10.5. The molecule has 0 amide bonds. The van der Waals surface area contributed by atoms with Gasteiger partial charge in [0.25, 0.3) is 0 Å². The quantitative estimate of drug-likeness (QED) is 0.724. The van der Waals surface area contributed by atoms with Gasteiger partial charge in [-0.3, -0.25) is 0 Å². The highest BCUT2D eigenvalue weighted by Crippen LogP contribution is 2.24. The number of carboxylic acids is 1. The van der Waals surface area contributed by atoms with E-state index in [1.165, 1.54) is 6.07 Å². The Balaban J connectivity index is 1.93. The Morgan fingerprint density at radius 3 is 2.36 bits per heavy atom. The molecular weight excluding hydrogens is 349 g/mol. The van der Waals surface area contributed by atoms with Crippen LogP contribution in [0.2, 0.25) is 15.1 Å². The minimum atomic E-state index is -1.05. The Labute approximate surface area is 142 Å². The standard InChI is InChI=1S/C15H12Cl3NO3/c16-9-1-2-14(13(8-9)15(20)21)19-3-4-22-12-6-10(17)5-11(18)7-12/h1-2,5-8,19H,3-4H2,(H,20,21). The first-order valence-corrected chi connectivity index (χ1v) is 7.45. The number of anilines is 1. The highest BCUT2D eigenvalue weighted by Gasteiger charge is 2.10. The van der Waals surface area contributed by atoms with E-state index in [-0.39, 0.29) is 5.56 Å². The van der Waals surface area contributed by atoms with Crippen LogP contribution in [0.15, 0.2) is 36.4 Å². The van der Waals surface area contributed by atoms with Gasteiger partial charge in [-0.15, -0.1) is 0 Å². The van der Waals surface area contributed by atoms with E-state index >= 15 is 0 Å². The van der Waals surface area contributed by atoms with E-state index in [4.69, 9.17) is 44.6 Å². The van der Waals surface area contributed by atoms with Crippen molar-refractivity contribution in [3.63, 3.8) is 0 Å². The fraction of sp³-hybridized carbons (Fsp3) is 0.133. The highest BCUT2D eigenvalue weighted by atomic mass is 35.5. The van der Waals surface area contributed by atoms with Crippen molar-refractivity contribution in [3.05, 3.63) is 57.0 Å². The average Bonchev–Trinajstić information content (AvgIpc) is 2.43. The molecule has 2 aromatic carbocycles. The van der Waals surface area contributed by atoms with E-state index in [1.54, 1.807) is 30.3 Å². The molecule has 0 radical (unpaired) electrons. The maximum absolute atomic E-state index is 11.1. The maximum atomic E-state index is 11.1. The molecule has 0 aliphatic rings. The number of hydrogen-bond acceptors (Lipinski definition) is 3. The molecule has 0 aliphatic carbocycles. The number of ether oxygens (including phenoxy) is 1. The van der Waals surface area contributed by atoms with Gasteiger partial charge in [-0.25, -0.2) is 4.79 Å². The molecule has 0 atom stereocenters. The molecule has 0 aromatic heterocycles. The average molecular weight is 361 g/mol. The molecule has 0 aliphatic heterocycles. The monoisotopic (exact) mass is 359 g/mol. The number of halogens is 3. The summed E-state index contributed by atoms with van der Waals surface area (Å²) in [5.41, 5.74) is 0.586. The lowest BCUT2D eigenvalue weighted by Crippen LogP contribution is -2.14. The van der Waals surface area contributed by atoms with Crippen LogP contribution in [0.1, 0.15) is 10.4 Å².